The molecule has 1 saturated heterocycles. The molecule has 8 nitrogen and oxygen atoms in total. The number of amides is 2. The fourth-order valence-corrected chi connectivity index (χ4v) is 4.06. The number of halogens is 3. The zero-order valence-corrected chi connectivity index (χ0v) is 17.4. The molecule has 0 saturated carbocycles. The normalized spacial score (nSPS) is 20.1. The van der Waals surface area contributed by atoms with Gasteiger partial charge in [0.05, 0.1) is 0 Å². The number of nitrogens with zero attached hydrogens (tertiary/aromatic N) is 3. The first-order valence-electron chi connectivity index (χ1n) is 10.1. The third kappa shape index (κ3) is 3.47. The van der Waals surface area contributed by atoms with E-state index in [4.69, 9.17) is 0 Å². The average molecular weight is 450 g/mol. The van der Waals surface area contributed by atoms with Crippen molar-refractivity contribution in [2.45, 2.75) is 45.3 Å². The molecule has 1 fully saturated rings. The number of carbonyl (C=O) groups excluding carboxylic acids is 2. The molecule has 2 aliphatic rings. The van der Waals surface area contributed by atoms with Crippen molar-refractivity contribution in [1.82, 2.24) is 14.9 Å². The molecule has 1 aromatic carbocycles. The van der Waals surface area contributed by atoms with Crippen LogP contribution in [0.2, 0.25) is 0 Å². The van der Waals surface area contributed by atoms with Gasteiger partial charge in [-0.2, -0.15) is 0 Å². The Morgan fingerprint density at radius 2 is 1.75 bits per heavy atom. The molecular weight excluding hydrogens is 429 g/mol. The van der Waals surface area contributed by atoms with Gasteiger partial charge in [0, 0.05) is 42.5 Å². The maximum absolute atomic E-state index is 13.8. The van der Waals surface area contributed by atoms with Crippen molar-refractivity contribution in [2.24, 2.45) is 0 Å². The molecule has 0 aliphatic carbocycles. The summed E-state index contributed by atoms with van der Waals surface area (Å²) in [6, 6.07) is 0.795. The minimum atomic E-state index is -1.19. The van der Waals surface area contributed by atoms with Gasteiger partial charge < -0.3 is 15.3 Å². The number of aromatic hydroxyl groups is 1. The van der Waals surface area contributed by atoms with Gasteiger partial charge in [-0.3, -0.25) is 24.1 Å². The van der Waals surface area contributed by atoms with Crippen LogP contribution in [0.3, 0.4) is 0 Å². The van der Waals surface area contributed by atoms with Gasteiger partial charge in [0.15, 0.2) is 11.4 Å². The van der Waals surface area contributed by atoms with Crippen molar-refractivity contribution >= 4 is 11.8 Å². The SMILES string of the molecule is C[C@@H]1CC[C@@H](C)N2CN1C(=O)c1c(O)c(=O)c(C(=O)NCc3c(F)cc(F)cc3F)cn12. The minimum absolute atomic E-state index is 0.0606. The Kier molecular flexibility index (Phi) is 5.35. The highest BCUT2D eigenvalue weighted by atomic mass is 19.1. The van der Waals surface area contributed by atoms with Gasteiger partial charge in [-0.1, -0.05) is 0 Å². The zero-order chi connectivity index (χ0) is 23.3. The zero-order valence-electron chi connectivity index (χ0n) is 17.4. The Morgan fingerprint density at radius 3 is 2.41 bits per heavy atom. The molecule has 2 aliphatic heterocycles. The van der Waals surface area contributed by atoms with Crippen LogP contribution in [0, 0.1) is 17.5 Å². The van der Waals surface area contributed by atoms with Gasteiger partial charge in [-0.05, 0) is 26.7 Å². The molecule has 2 bridgehead atoms. The third-order valence-electron chi connectivity index (χ3n) is 6.02. The summed E-state index contributed by atoms with van der Waals surface area (Å²) in [5, 5.41) is 14.5. The highest BCUT2D eigenvalue weighted by Crippen LogP contribution is 2.28. The standard InChI is InChI=1S/C21H21F3N4O4/c1-10-3-4-11(2)28-9-26(10)21(32)17-19(30)18(29)14(8-27(17)28)20(31)25-7-13-15(23)5-12(22)6-16(13)24/h5-6,8,10-11,30H,3-4,7,9H2,1-2H3,(H,25,31)/t10-,11-/m1/s1. The Balaban J connectivity index is 1.70. The number of hydrogen-bond donors (Lipinski definition) is 2. The summed E-state index contributed by atoms with van der Waals surface area (Å²) in [6.45, 7) is 3.37. The van der Waals surface area contributed by atoms with Crippen LogP contribution < -0.4 is 15.8 Å². The van der Waals surface area contributed by atoms with Crippen LogP contribution >= 0.6 is 0 Å². The average Bonchev–Trinajstić information content (AvgIpc) is 2.85. The largest absolute Gasteiger partial charge is 0.502 e. The second-order valence-corrected chi connectivity index (χ2v) is 8.08. The lowest BCUT2D eigenvalue weighted by Gasteiger charge is -2.41. The summed E-state index contributed by atoms with van der Waals surface area (Å²) in [4.78, 5) is 39.8. The van der Waals surface area contributed by atoms with Crippen LogP contribution in [0.1, 0.15) is 53.1 Å². The molecule has 4 rings (SSSR count). The second kappa shape index (κ2) is 7.88. The smallest absolute Gasteiger partial charge is 0.278 e. The van der Waals surface area contributed by atoms with E-state index in [-0.39, 0.29) is 24.4 Å². The Morgan fingerprint density at radius 1 is 1.12 bits per heavy atom. The molecule has 0 unspecified atom stereocenters. The van der Waals surface area contributed by atoms with Crippen molar-refractivity contribution in [3.8, 4) is 5.75 Å². The number of nitrogens with one attached hydrogen (secondary N) is 1. The maximum atomic E-state index is 13.8. The van der Waals surface area contributed by atoms with Crippen LogP contribution in [0.4, 0.5) is 13.2 Å². The van der Waals surface area contributed by atoms with E-state index in [1.165, 1.54) is 4.68 Å². The predicted octanol–water partition coefficient (Wildman–Crippen LogP) is 1.82. The van der Waals surface area contributed by atoms with E-state index in [1.807, 2.05) is 13.8 Å². The van der Waals surface area contributed by atoms with Crippen molar-refractivity contribution in [2.75, 3.05) is 11.7 Å². The van der Waals surface area contributed by atoms with Crippen LogP contribution in [0.25, 0.3) is 0 Å². The Labute approximate surface area is 180 Å². The van der Waals surface area contributed by atoms with Crippen molar-refractivity contribution in [1.29, 1.82) is 0 Å². The number of carbonyl (C=O) groups is 2. The molecule has 2 atom stereocenters. The molecule has 2 N–H and O–H groups in total. The lowest BCUT2D eigenvalue weighted by Crippen LogP contribution is -2.57. The molecule has 2 aromatic rings. The lowest BCUT2D eigenvalue weighted by atomic mass is 10.1. The van der Waals surface area contributed by atoms with Gasteiger partial charge in [-0.25, -0.2) is 13.2 Å². The van der Waals surface area contributed by atoms with Crippen molar-refractivity contribution < 1.29 is 27.9 Å². The Bertz CT molecular complexity index is 1160. The summed E-state index contributed by atoms with van der Waals surface area (Å²) in [6.07, 6.45) is 2.61. The summed E-state index contributed by atoms with van der Waals surface area (Å²) < 4.78 is 42.1. The van der Waals surface area contributed by atoms with Gasteiger partial charge in [0.1, 0.15) is 29.7 Å². The summed E-state index contributed by atoms with van der Waals surface area (Å²) in [5.74, 6) is -5.89. The molecule has 1 aromatic heterocycles. The summed E-state index contributed by atoms with van der Waals surface area (Å²) >= 11 is 0. The van der Waals surface area contributed by atoms with E-state index in [1.54, 1.807) is 9.91 Å². The van der Waals surface area contributed by atoms with E-state index in [2.05, 4.69) is 5.32 Å². The first-order valence-corrected chi connectivity index (χ1v) is 10.1. The molecule has 0 spiro atoms. The molecule has 11 heteroatoms. The van der Waals surface area contributed by atoms with Crippen LogP contribution in [0.5, 0.6) is 5.75 Å². The number of aromatic nitrogens is 1. The molecule has 32 heavy (non-hydrogen) atoms. The quantitative estimate of drug-likeness (QED) is 0.744. The van der Waals surface area contributed by atoms with Gasteiger partial charge in [0.2, 0.25) is 5.43 Å². The van der Waals surface area contributed by atoms with E-state index < -0.39 is 58.1 Å². The van der Waals surface area contributed by atoms with E-state index in [0.29, 0.717) is 12.1 Å². The topological polar surface area (TPSA) is 94.9 Å². The van der Waals surface area contributed by atoms with Crippen LogP contribution in [0.15, 0.2) is 23.1 Å². The monoisotopic (exact) mass is 450 g/mol. The molecule has 3 heterocycles. The molecular formula is C21H21F3N4O4. The van der Waals surface area contributed by atoms with Crippen molar-refractivity contribution in [3.05, 3.63) is 62.8 Å². The number of fused-ring (bicyclic) bond motifs is 4. The van der Waals surface area contributed by atoms with E-state index in [9.17, 15) is 32.7 Å². The highest BCUT2D eigenvalue weighted by Gasteiger charge is 2.39. The van der Waals surface area contributed by atoms with E-state index in [0.717, 1.165) is 19.0 Å². The minimum Gasteiger partial charge on any atom is -0.502 e. The first-order chi connectivity index (χ1) is 15.1. The fourth-order valence-electron chi connectivity index (χ4n) is 4.06. The fraction of sp³-hybridized carbons (Fsp3) is 0.381. The summed E-state index contributed by atoms with van der Waals surface area (Å²) in [7, 11) is 0. The number of pyridine rings is 1. The van der Waals surface area contributed by atoms with Gasteiger partial charge in [0.25, 0.3) is 11.8 Å². The second-order valence-electron chi connectivity index (χ2n) is 8.08. The highest BCUT2D eigenvalue weighted by molar-refractivity contribution is 5.99. The number of rotatable bonds is 3. The number of hydrogen-bond acceptors (Lipinski definition) is 5. The van der Waals surface area contributed by atoms with E-state index >= 15 is 0 Å². The van der Waals surface area contributed by atoms with Crippen molar-refractivity contribution in [3.63, 3.8) is 0 Å². The third-order valence-corrected chi connectivity index (χ3v) is 6.02. The van der Waals surface area contributed by atoms with Crippen LogP contribution in [-0.2, 0) is 6.54 Å². The molecule has 170 valence electrons. The van der Waals surface area contributed by atoms with Gasteiger partial charge >= 0.3 is 0 Å². The van der Waals surface area contributed by atoms with Gasteiger partial charge in [-0.15, -0.1) is 0 Å². The first kappa shape index (κ1) is 21.7. The Hall–Kier alpha value is -3.50. The molecule has 0 radical (unpaired) electrons. The molecule has 2 amide bonds. The van der Waals surface area contributed by atoms with Crippen LogP contribution in [-0.4, -0.2) is 45.2 Å². The summed E-state index contributed by atoms with van der Waals surface area (Å²) in [5.41, 5.74) is -2.40. The maximum Gasteiger partial charge on any atom is 0.278 e. The predicted molar refractivity (Wildman–Crippen MR) is 107 cm³/mol. The lowest BCUT2D eigenvalue weighted by molar-refractivity contribution is 0.0627. The number of benzene rings is 1.